The molecule has 2 amide bonds. The Kier molecular flexibility index (Phi) is 7.35. The minimum atomic E-state index is -0.127. The fraction of sp³-hybridized carbons (Fsp3) is 0.600. The van der Waals surface area contributed by atoms with E-state index in [2.05, 4.69) is 36.8 Å². The number of amides is 2. The lowest BCUT2D eigenvalue weighted by atomic mass is 9.96. The molecule has 0 unspecified atom stereocenters. The van der Waals surface area contributed by atoms with Crippen molar-refractivity contribution in [2.45, 2.75) is 65.3 Å². The van der Waals surface area contributed by atoms with E-state index in [0.29, 0.717) is 17.8 Å². The average molecular weight is 412 g/mol. The van der Waals surface area contributed by atoms with Gasteiger partial charge in [-0.15, -0.1) is 0 Å². The van der Waals surface area contributed by atoms with Crippen LogP contribution in [0.3, 0.4) is 0 Å². The third kappa shape index (κ3) is 4.61. The van der Waals surface area contributed by atoms with E-state index < -0.39 is 0 Å². The topological polar surface area (TPSA) is 43.9 Å². The smallest absolute Gasteiger partial charge is 0.277 e. The minimum Gasteiger partial charge on any atom is -0.366 e. The van der Waals surface area contributed by atoms with Gasteiger partial charge in [-0.3, -0.25) is 14.5 Å². The van der Waals surface area contributed by atoms with Crippen molar-refractivity contribution in [1.82, 2.24) is 14.7 Å². The van der Waals surface area contributed by atoms with E-state index in [9.17, 15) is 9.59 Å². The fourth-order valence-corrected chi connectivity index (χ4v) is 4.69. The largest absolute Gasteiger partial charge is 0.366 e. The number of hydrogen-bond donors (Lipinski definition) is 0. The summed E-state index contributed by atoms with van der Waals surface area (Å²) in [5, 5.41) is 0. The second-order valence-electron chi connectivity index (χ2n) is 9.01. The number of unbranched alkanes of at least 4 members (excludes halogenated alkanes) is 3. The molecule has 5 heteroatoms. The lowest BCUT2D eigenvalue weighted by Crippen LogP contribution is -2.43. The predicted molar refractivity (Wildman–Crippen MR) is 122 cm³/mol. The van der Waals surface area contributed by atoms with Gasteiger partial charge in [-0.25, -0.2) is 0 Å². The maximum atomic E-state index is 13.5. The van der Waals surface area contributed by atoms with Gasteiger partial charge >= 0.3 is 0 Å². The van der Waals surface area contributed by atoms with Crippen LogP contribution in [0.1, 0.15) is 62.1 Å². The number of imide groups is 1. The Balaban J connectivity index is 1.95. The van der Waals surface area contributed by atoms with E-state index >= 15 is 0 Å². The molecular weight excluding hydrogens is 374 g/mol. The highest BCUT2D eigenvalue weighted by Crippen LogP contribution is 2.35. The van der Waals surface area contributed by atoms with Crippen LogP contribution in [-0.4, -0.2) is 66.3 Å². The number of aryl methyl sites for hydroxylation is 2. The number of hydrogen-bond acceptors (Lipinski definition) is 4. The van der Waals surface area contributed by atoms with Gasteiger partial charge < -0.3 is 9.80 Å². The molecule has 0 saturated carbocycles. The van der Waals surface area contributed by atoms with Gasteiger partial charge in [0.1, 0.15) is 5.70 Å². The van der Waals surface area contributed by atoms with Gasteiger partial charge in [-0.05, 0) is 64.4 Å². The molecule has 0 atom stereocenters. The number of rotatable bonds is 8. The highest BCUT2D eigenvalue weighted by atomic mass is 16.2. The van der Waals surface area contributed by atoms with Crippen molar-refractivity contribution in [2.75, 3.05) is 33.7 Å². The third-order valence-corrected chi connectivity index (χ3v) is 6.62. The Morgan fingerprint density at radius 1 is 1.03 bits per heavy atom. The first-order valence-corrected chi connectivity index (χ1v) is 11.4. The van der Waals surface area contributed by atoms with Gasteiger partial charge in [0.2, 0.25) is 0 Å². The van der Waals surface area contributed by atoms with Crippen molar-refractivity contribution in [3.8, 4) is 0 Å². The number of carbonyl (C=O) groups is 2. The van der Waals surface area contributed by atoms with E-state index in [1.165, 1.54) is 4.90 Å². The Morgan fingerprint density at radius 3 is 2.37 bits per heavy atom. The summed E-state index contributed by atoms with van der Waals surface area (Å²) in [7, 11) is 4.14. The molecule has 2 heterocycles. The summed E-state index contributed by atoms with van der Waals surface area (Å²) < 4.78 is 0. The van der Waals surface area contributed by atoms with Crippen molar-refractivity contribution in [1.29, 1.82) is 0 Å². The molecule has 0 radical (unpaired) electrons. The van der Waals surface area contributed by atoms with Crippen molar-refractivity contribution < 1.29 is 9.59 Å². The van der Waals surface area contributed by atoms with Crippen LogP contribution in [0.15, 0.2) is 23.9 Å². The molecule has 2 aliphatic heterocycles. The molecule has 0 spiro atoms. The van der Waals surface area contributed by atoms with E-state index in [4.69, 9.17) is 0 Å². The van der Waals surface area contributed by atoms with Crippen LogP contribution >= 0.6 is 0 Å². The van der Waals surface area contributed by atoms with Gasteiger partial charge in [0.05, 0.1) is 5.57 Å². The normalized spacial score (nSPS) is 18.6. The van der Waals surface area contributed by atoms with Gasteiger partial charge in [0.15, 0.2) is 0 Å². The van der Waals surface area contributed by atoms with E-state index in [-0.39, 0.29) is 17.9 Å². The Morgan fingerprint density at radius 2 is 1.73 bits per heavy atom. The molecule has 0 aliphatic carbocycles. The standard InChI is InChI=1S/C25H37N3O2/c1-6-7-8-9-14-28-24(29)22(21-11-10-18(2)17-19(21)3)23(25(28)30)27(5)20-12-15-26(4)16-13-20/h10-11,17,20H,6-9,12-16H2,1-5H3. The van der Waals surface area contributed by atoms with Crippen molar-refractivity contribution in [3.05, 3.63) is 40.6 Å². The summed E-state index contributed by atoms with van der Waals surface area (Å²) in [5.41, 5.74) is 4.29. The summed E-state index contributed by atoms with van der Waals surface area (Å²) in [6.45, 7) is 8.80. The number of piperidine rings is 1. The zero-order valence-corrected chi connectivity index (χ0v) is 19.3. The molecule has 3 rings (SSSR count). The highest BCUT2D eigenvalue weighted by molar-refractivity contribution is 6.35. The summed E-state index contributed by atoms with van der Waals surface area (Å²) in [4.78, 5) is 32.9. The Labute approximate surface area is 181 Å². The van der Waals surface area contributed by atoms with E-state index in [0.717, 1.165) is 68.3 Å². The van der Waals surface area contributed by atoms with Gasteiger partial charge in [0.25, 0.3) is 11.8 Å². The molecule has 1 saturated heterocycles. The highest BCUT2D eigenvalue weighted by Gasteiger charge is 2.42. The first kappa shape index (κ1) is 22.5. The van der Waals surface area contributed by atoms with Gasteiger partial charge in [0, 0.05) is 19.6 Å². The number of likely N-dealkylation sites (tertiary alicyclic amines) is 1. The van der Waals surface area contributed by atoms with Crippen molar-refractivity contribution in [3.63, 3.8) is 0 Å². The zero-order chi connectivity index (χ0) is 21.8. The molecule has 0 bridgehead atoms. The summed E-state index contributed by atoms with van der Waals surface area (Å²) in [5.74, 6) is -0.244. The van der Waals surface area contributed by atoms with E-state index in [1.807, 2.05) is 26.1 Å². The first-order valence-electron chi connectivity index (χ1n) is 11.4. The van der Waals surface area contributed by atoms with Crippen LogP contribution in [0, 0.1) is 13.8 Å². The monoisotopic (exact) mass is 411 g/mol. The third-order valence-electron chi connectivity index (χ3n) is 6.62. The summed E-state index contributed by atoms with van der Waals surface area (Å²) >= 11 is 0. The molecule has 30 heavy (non-hydrogen) atoms. The molecule has 0 N–H and O–H groups in total. The maximum absolute atomic E-state index is 13.5. The second kappa shape index (κ2) is 9.78. The van der Waals surface area contributed by atoms with Crippen LogP contribution < -0.4 is 0 Å². The molecule has 5 nitrogen and oxygen atoms in total. The molecule has 1 aromatic rings. The molecule has 0 aromatic heterocycles. The van der Waals surface area contributed by atoms with Crippen molar-refractivity contribution >= 4 is 17.4 Å². The van der Waals surface area contributed by atoms with Crippen LogP contribution in [0.25, 0.3) is 5.57 Å². The fourth-order valence-electron chi connectivity index (χ4n) is 4.69. The average Bonchev–Trinajstić information content (AvgIpc) is 2.95. The SMILES string of the molecule is CCCCCCN1C(=O)C(c2ccc(C)cc2C)=C(N(C)C2CCN(C)CC2)C1=O. The number of benzene rings is 1. The molecule has 2 aliphatic rings. The molecule has 164 valence electrons. The molecular formula is C25H37N3O2. The second-order valence-corrected chi connectivity index (χ2v) is 9.01. The maximum Gasteiger partial charge on any atom is 0.277 e. The van der Waals surface area contributed by atoms with Gasteiger partial charge in [-0.2, -0.15) is 0 Å². The predicted octanol–water partition coefficient (Wildman–Crippen LogP) is 3.99. The number of nitrogens with zero attached hydrogens (tertiary/aromatic N) is 3. The summed E-state index contributed by atoms with van der Waals surface area (Å²) in [6.07, 6.45) is 6.21. The molecule has 1 aromatic carbocycles. The Bertz CT molecular complexity index is 822. The number of carbonyl (C=O) groups excluding carboxylic acids is 2. The van der Waals surface area contributed by atoms with Crippen LogP contribution in [-0.2, 0) is 9.59 Å². The van der Waals surface area contributed by atoms with E-state index in [1.54, 1.807) is 0 Å². The van der Waals surface area contributed by atoms with Crippen molar-refractivity contribution in [2.24, 2.45) is 0 Å². The van der Waals surface area contributed by atoms with Crippen LogP contribution in [0.4, 0.5) is 0 Å². The Hall–Kier alpha value is -2.14. The van der Waals surface area contributed by atoms with Gasteiger partial charge in [-0.1, -0.05) is 49.9 Å². The zero-order valence-electron chi connectivity index (χ0n) is 19.3. The quantitative estimate of drug-likeness (QED) is 0.479. The van der Waals surface area contributed by atoms with Crippen LogP contribution in [0.5, 0.6) is 0 Å². The lowest BCUT2D eigenvalue weighted by Gasteiger charge is -2.36. The number of likely N-dealkylation sites (N-methyl/N-ethyl adjacent to an activating group) is 1. The first-order chi connectivity index (χ1) is 14.3. The minimum absolute atomic E-state index is 0.118. The lowest BCUT2D eigenvalue weighted by molar-refractivity contribution is -0.137. The molecule has 1 fully saturated rings. The summed E-state index contributed by atoms with van der Waals surface area (Å²) in [6, 6.07) is 6.42. The van der Waals surface area contributed by atoms with Crippen LogP contribution in [0.2, 0.25) is 0 Å².